The van der Waals surface area contributed by atoms with Gasteiger partial charge in [0.25, 0.3) is 0 Å². The molecule has 1 N–H and O–H groups in total. The summed E-state index contributed by atoms with van der Waals surface area (Å²) >= 11 is 0. The number of hydrogen-bond donors (Lipinski definition) is 1. The first kappa shape index (κ1) is 11.2. The molecule has 0 spiro atoms. The van der Waals surface area contributed by atoms with Crippen LogP contribution in [0.3, 0.4) is 0 Å². The predicted octanol–water partition coefficient (Wildman–Crippen LogP) is 2.68. The lowest BCUT2D eigenvalue weighted by Crippen LogP contribution is -2.40. The fourth-order valence-electron chi connectivity index (χ4n) is 2.14. The van der Waals surface area contributed by atoms with E-state index >= 15 is 0 Å². The van der Waals surface area contributed by atoms with Crippen molar-refractivity contribution in [1.82, 2.24) is 5.32 Å². The molecule has 0 amide bonds. The average Bonchev–Trinajstić information content (AvgIpc) is 2.23. The van der Waals surface area contributed by atoms with Crippen molar-refractivity contribution in [2.24, 2.45) is 0 Å². The Bertz CT molecular complexity index is 371. The van der Waals surface area contributed by atoms with Crippen molar-refractivity contribution in [3.05, 3.63) is 35.6 Å². The van der Waals surface area contributed by atoms with Crippen LogP contribution in [0.1, 0.15) is 30.7 Å². The summed E-state index contributed by atoms with van der Waals surface area (Å²) in [6.07, 6.45) is 8.24. The molecule has 1 aromatic carbocycles. The van der Waals surface area contributed by atoms with Crippen LogP contribution >= 0.6 is 0 Å². The molecule has 0 aromatic heterocycles. The van der Waals surface area contributed by atoms with Gasteiger partial charge in [0.2, 0.25) is 0 Å². The van der Waals surface area contributed by atoms with E-state index in [1.165, 1.54) is 17.7 Å². The Morgan fingerprint density at radius 2 is 2.00 bits per heavy atom. The van der Waals surface area contributed by atoms with E-state index in [4.69, 9.17) is 6.42 Å². The summed E-state index contributed by atoms with van der Waals surface area (Å²) in [7, 11) is 0. The molecular formula is C14H16FN. The van der Waals surface area contributed by atoms with Crippen LogP contribution in [0.4, 0.5) is 4.39 Å². The highest BCUT2D eigenvalue weighted by molar-refractivity contribution is 5.23. The van der Waals surface area contributed by atoms with Gasteiger partial charge in [-0.25, -0.2) is 4.39 Å². The number of rotatable bonds is 4. The standard InChI is InChI=1S/C14H16FN/c1-2-3-8-16-14-9-12(10-14)11-4-6-13(15)7-5-11/h1,4-7,12,14,16H,3,8-10H2. The minimum absolute atomic E-state index is 0.160. The molecule has 2 heteroatoms. The molecule has 1 aromatic rings. The zero-order valence-corrected chi connectivity index (χ0v) is 9.25. The van der Waals surface area contributed by atoms with Crippen molar-refractivity contribution in [2.45, 2.75) is 31.2 Å². The van der Waals surface area contributed by atoms with Gasteiger partial charge in [-0.05, 0) is 36.5 Å². The number of benzene rings is 1. The van der Waals surface area contributed by atoms with Crippen LogP contribution in [0, 0.1) is 18.2 Å². The highest BCUT2D eigenvalue weighted by atomic mass is 19.1. The number of halogens is 1. The first-order chi connectivity index (χ1) is 7.79. The minimum Gasteiger partial charge on any atom is -0.313 e. The highest BCUT2D eigenvalue weighted by Crippen LogP contribution is 2.36. The van der Waals surface area contributed by atoms with Crippen LogP contribution in [0.25, 0.3) is 0 Å². The Labute approximate surface area is 96.1 Å². The molecule has 84 valence electrons. The average molecular weight is 217 g/mol. The number of nitrogens with one attached hydrogen (secondary N) is 1. The van der Waals surface area contributed by atoms with E-state index in [-0.39, 0.29) is 5.82 Å². The molecule has 0 heterocycles. The second kappa shape index (κ2) is 5.14. The third-order valence-corrected chi connectivity index (χ3v) is 3.18. The van der Waals surface area contributed by atoms with Crippen LogP contribution in [0.2, 0.25) is 0 Å². The lowest BCUT2D eigenvalue weighted by Gasteiger charge is -2.36. The van der Waals surface area contributed by atoms with Gasteiger partial charge in [-0.2, -0.15) is 0 Å². The molecule has 16 heavy (non-hydrogen) atoms. The maximum atomic E-state index is 12.7. The third-order valence-electron chi connectivity index (χ3n) is 3.18. The Morgan fingerprint density at radius 1 is 1.31 bits per heavy atom. The van der Waals surface area contributed by atoms with Crippen molar-refractivity contribution in [3.63, 3.8) is 0 Å². The number of hydrogen-bond acceptors (Lipinski definition) is 1. The van der Waals surface area contributed by atoms with Gasteiger partial charge in [-0.1, -0.05) is 12.1 Å². The van der Waals surface area contributed by atoms with Crippen molar-refractivity contribution in [1.29, 1.82) is 0 Å². The van der Waals surface area contributed by atoms with Crippen LogP contribution in [-0.2, 0) is 0 Å². The third kappa shape index (κ3) is 2.62. The molecule has 0 saturated heterocycles. The van der Waals surface area contributed by atoms with Gasteiger partial charge in [0.15, 0.2) is 0 Å². The molecule has 0 aliphatic heterocycles. The van der Waals surface area contributed by atoms with Crippen LogP contribution in [-0.4, -0.2) is 12.6 Å². The van der Waals surface area contributed by atoms with Crippen LogP contribution in [0.5, 0.6) is 0 Å². The summed E-state index contributed by atoms with van der Waals surface area (Å²) in [5.41, 5.74) is 1.25. The van der Waals surface area contributed by atoms with E-state index in [9.17, 15) is 4.39 Å². The number of terminal acetylenes is 1. The lowest BCUT2D eigenvalue weighted by atomic mass is 9.76. The normalized spacial score (nSPS) is 23.5. The van der Waals surface area contributed by atoms with Crippen molar-refractivity contribution in [3.8, 4) is 12.3 Å². The summed E-state index contributed by atoms with van der Waals surface area (Å²) in [4.78, 5) is 0. The predicted molar refractivity (Wildman–Crippen MR) is 63.6 cm³/mol. The Kier molecular flexibility index (Phi) is 3.58. The molecule has 2 rings (SSSR count). The largest absolute Gasteiger partial charge is 0.313 e. The Hall–Kier alpha value is -1.33. The van der Waals surface area contributed by atoms with Crippen LogP contribution in [0.15, 0.2) is 24.3 Å². The van der Waals surface area contributed by atoms with Crippen LogP contribution < -0.4 is 5.32 Å². The van der Waals surface area contributed by atoms with Gasteiger partial charge in [0.1, 0.15) is 5.82 Å². The summed E-state index contributed by atoms with van der Waals surface area (Å²) in [5.74, 6) is 3.04. The summed E-state index contributed by atoms with van der Waals surface area (Å²) < 4.78 is 12.7. The fraction of sp³-hybridized carbons (Fsp3) is 0.429. The molecule has 1 aliphatic rings. The SMILES string of the molecule is C#CCCNC1CC(c2ccc(F)cc2)C1. The summed E-state index contributed by atoms with van der Waals surface area (Å²) in [6, 6.07) is 7.43. The first-order valence-corrected chi connectivity index (χ1v) is 5.72. The van der Waals surface area contributed by atoms with Crippen molar-refractivity contribution < 1.29 is 4.39 Å². The molecule has 0 unspecified atom stereocenters. The van der Waals surface area contributed by atoms with Crippen molar-refractivity contribution in [2.75, 3.05) is 6.54 Å². The molecule has 1 aliphatic carbocycles. The van der Waals surface area contributed by atoms with E-state index in [1.807, 2.05) is 12.1 Å². The summed E-state index contributed by atoms with van der Waals surface area (Å²) in [5, 5.41) is 3.41. The molecular weight excluding hydrogens is 201 g/mol. The van der Waals surface area contributed by atoms with E-state index in [0.29, 0.717) is 12.0 Å². The molecule has 0 radical (unpaired) electrons. The van der Waals surface area contributed by atoms with Gasteiger partial charge in [0.05, 0.1) is 0 Å². The first-order valence-electron chi connectivity index (χ1n) is 5.72. The zero-order valence-electron chi connectivity index (χ0n) is 9.25. The Morgan fingerprint density at radius 3 is 2.62 bits per heavy atom. The molecule has 1 fully saturated rings. The molecule has 0 atom stereocenters. The smallest absolute Gasteiger partial charge is 0.123 e. The van der Waals surface area contributed by atoms with E-state index in [0.717, 1.165) is 25.8 Å². The molecule has 1 nitrogen and oxygen atoms in total. The van der Waals surface area contributed by atoms with E-state index in [1.54, 1.807) is 0 Å². The Balaban J connectivity index is 1.76. The maximum Gasteiger partial charge on any atom is 0.123 e. The second-order valence-electron chi connectivity index (χ2n) is 4.33. The molecule has 0 bridgehead atoms. The highest BCUT2D eigenvalue weighted by Gasteiger charge is 2.29. The maximum absolute atomic E-state index is 12.7. The van der Waals surface area contributed by atoms with Crippen molar-refractivity contribution >= 4 is 0 Å². The fourth-order valence-corrected chi connectivity index (χ4v) is 2.14. The molecule has 1 saturated carbocycles. The lowest BCUT2D eigenvalue weighted by molar-refractivity contribution is 0.293. The van der Waals surface area contributed by atoms with Gasteiger partial charge in [-0.3, -0.25) is 0 Å². The topological polar surface area (TPSA) is 12.0 Å². The van der Waals surface area contributed by atoms with E-state index < -0.39 is 0 Å². The summed E-state index contributed by atoms with van der Waals surface area (Å²) in [6.45, 7) is 0.900. The zero-order chi connectivity index (χ0) is 11.4. The minimum atomic E-state index is -0.160. The van der Waals surface area contributed by atoms with Gasteiger partial charge in [-0.15, -0.1) is 12.3 Å². The van der Waals surface area contributed by atoms with Gasteiger partial charge < -0.3 is 5.32 Å². The monoisotopic (exact) mass is 217 g/mol. The van der Waals surface area contributed by atoms with Gasteiger partial charge >= 0.3 is 0 Å². The quantitative estimate of drug-likeness (QED) is 0.604. The van der Waals surface area contributed by atoms with E-state index in [2.05, 4.69) is 11.2 Å². The van der Waals surface area contributed by atoms with Gasteiger partial charge in [0, 0.05) is 19.0 Å². The second-order valence-corrected chi connectivity index (χ2v) is 4.33.